The van der Waals surface area contributed by atoms with Crippen LogP contribution in [0.25, 0.3) is 0 Å². The molecule has 0 spiro atoms. The number of hydrogen-bond acceptors (Lipinski definition) is 3. The molecule has 0 unspecified atom stereocenters. The van der Waals surface area contributed by atoms with Gasteiger partial charge in [0, 0.05) is 19.7 Å². The van der Waals surface area contributed by atoms with E-state index in [1.54, 1.807) is 4.90 Å². The van der Waals surface area contributed by atoms with Gasteiger partial charge < -0.3 is 20.4 Å². The van der Waals surface area contributed by atoms with Crippen LogP contribution >= 0.6 is 0 Å². The zero-order valence-electron chi connectivity index (χ0n) is 11.5. The number of nitrogens with zero attached hydrogens (tertiary/aromatic N) is 1. The van der Waals surface area contributed by atoms with Gasteiger partial charge in [-0.2, -0.15) is 0 Å². The first-order valence-corrected chi connectivity index (χ1v) is 6.93. The molecule has 0 atom stereocenters. The van der Waals surface area contributed by atoms with Gasteiger partial charge in [0.2, 0.25) is 0 Å². The minimum Gasteiger partial charge on any atom is -0.481 e. The first-order chi connectivity index (χ1) is 9.03. The van der Waals surface area contributed by atoms with Crippen LogP contribution < -0.4 is 5.32 Å². The summed E-state index contributed by atoms with van der Waals surface area (Å²) in [5.74, 6) is -0.874. The Hall–Kier alpha value is -1.30. The lowest BCUT2D eigenvalue weighted by Crippen LogP contribution is -2.53. The van der Waals surface area contributed by atoms with Crippen LogP contribution in [0.5, 0.6) is 0 Å². The van der Waals surface area contributed by atoms with E-state index >= 15 is 0 Å². The molecule has 1 aliphatic carbocycles. The third-order valence-corrected chi connectivity index (χ3v) is 3.68. The lowest BCUT2D eigenvalue weighted by molar-refractivity contribution is -0.138. The fourth-order valence-corrected chi connectivity index (χ4v) is 2.66. The molecule has 0 radical (unpaired) electrons. The van der Waals surface area contributed by atoms with E-state index in [1.807, 2.05) is 6.92 Å². The predicted octanol–water partition coefficient (Wildman–Crippen LogP) is 1.19. The third kappa shape index (κ3) is 4.70. The number of rotatable bonds is 7. The number of carbonyl (C=O) groups is 2. The molecule has 0 saturated heterocycles. The Morgan fingerprint density at radius 1 is 1.32 bits per heavy atom. The van der Waals surface area contributed by atoms with Crippen LogP contribution in [0.4, 0.5) is 4.79 Å². The van der Waals surface area contributed by atoms with E-state index in [2.05, 4.69) is 5.32 Å². The molecule has 0 aliphatic heterocycles. The summed E-state index contributed by atoms with van der Waals surface area (Å²) >= 11 is 0. The van der Waals surface area contributed by atoms with Gasteiger partial charge in [-0.25, -0.2) is 4.79 Å². The number of carboxylic acid groups (broad SMARTS) is 1. The Morgan fingerprint density at radius 3 is 2.42 bits per heavy atom. The molecule has 2 amide bonds. The topological polar surface area (TPSA) is 89.9 Å². The molecule has 0 aromatic rings. The average molecular weight is 272 g/mol. The van der Waals surface area contributed by atoms with E-state index in [-0.39, 0.29) is 19.1 Å². The number of aliphatic carboxylic acids is 1. The maximum Gasteiger partial charge on any atom is 0.317 e. The molecule has 0 aromatic carbocycles. The van der Waals surface area contributed by atoms with Crippen LogP contribution in [-0.4, -0.2) is 52.3 Å². The summed E-state index contributed by atoms with van der Waals surface area (Å²) in [5.41, 5.74) is -0.588. The van der Waals surface area contributed by atoms with E-state index in [0.717, 1.165) is 25.7 Å². The van der Waals surface area contributed by atoms with Crippen LogP contribution in [-0.2, 0) is 4.79 Å². The Labute approximate surface area is 113 Å². The van der Waals surface area contributed by atoms with Gasteiger partial charge in [-0.15, -0.1) is 0 Å². The van der Waals surface area contributed by atoms with Gasteiger partial charge in [0.15, 0.2) is 0 Å². The molecule has 1 fully saturated rings. The van der Waals surface area contributed by atoms with Crippen molar-refractivity contribution in [3.8, 4) is 0 Å². The molecular weight excluding hydrogens is 248 g/mol. The number of carboxylic acids is 1. The Kier molecular flexibility index (Phi) is 6.08. The molecule has 0 aromatic heterocycles. The van der Waals surface area contributed by atoms with Crippen molar-refractivity contribution in [3.63, 3.8) is 0 Å². The molecule has 6 nitrogen and oxygen atoms in total. The Morgan fingerprint density at radius 2 is 1.95 bits per heavy atom. The fourth-order valence-electron chi connectivity index (χ4n) is 2.66. The van der Waals surface area contributed by atoms with Crippen LogP contribution in [0.1, 0.15) is 45.4 Å². The number of aliphatic hydroxyl groups is 1. The maximum atomic E-state index is 12.2. The van der Waals surface area contributed by atoms with Gasteiger partial charge in [0.05, 0.1) is 12.0 Å². The Bertz CT molecular complexity index is 314. The highest BCUT2D eigenvalue weighted by molar-refractivity contribution is 5.77. The summed E-state index contributed by atoms with van der Waals surface area (Å²) in [5, 5.41) is 20.7. The molecule has 1 rings (SSSR count). The summed E-state index contributed by atoms with van der Waals surface area (Å²) in [6, 6.07) is -0.223. The first kappa shape index (κ1) is 15.8. The molecule has 3 N–H and O–H groups in total. The van der Waals surface area contributed by atoms with Gasteiger partial charge in [-0.1, -0.05) is 12.8 Å². The molecule has 6 heteroatoms. The van der Waals surface area contributed by atoms with Gasteiger partial charge in [-0.3, -0.25) is 4.79 Å². The average Bonchev–Trinajstić information content (AvgIpc) is 2.77. The van der Waals surface area contributed by atoms with Crippen molar-refractivity contribution in [3.05, 3.63) is 0 Å². The monoisotopic (exact) mass is 272 g/mol. The van der Waals surface area contributed by atoms with E-state index < -0.39 is 11.5 Å². The molecule has 110 valence electrons. The van der Waals surface area contributed by atoms with Crippen LogP contribution in [0.15, 0.2) is 0 Å². The molecule has 19 heavy (non-hydrogen) atoms. The smallest absolute Gasteiger partial charge is 0.317 e. The zero-order valence-corrected chi connectivity index (χ0v) is 11.5. The number of aliphatic hydroxyl groups excluding tert-OH is 1. The second-order valence-corrected chi connectivity index (χ2v) is 5.14. The molecule has 0 heterocycles. The highest BCUT2D eigenvalue weighted by atomic mass is 16.4. The number of urea groups is 1. The van der Waals surface area contributed by atoms with Gasteiger partial charge in [0.1, 0.15) is 0 Å². The van der Waals surface area contributed by atoms with Crippen molar-refractivity contribution >= 4 is 12.0 Å². The van der Waals surface area contributed by atoms with Crippen molar-refractivity contribution in [2.75, 3.05) is 19.7 Å². The number of hydrogen-bond donors (Lipinski definition) is 3. The quantitative estimate of drug-likeness (QED) is 0.649. The van der Waals surface area contributed by atoms with Gasteiger partial charge in [0.25, 0.3) is 0 Å². The summed E-state index contributed by atoms with van der Waals surface area (Å²) in [6.07, 6.45) is 3.88. The van der Waals surface area contributed by atoms with E-state index in [9.17, 15) is 9.59 Å². The SMILES string of the molecule is CCN(CCCO)C(=O)NC1(CC(=O)O)CCCC1. The third-order valence-electron chi connectivity index (χ3n) is 3.68. The van der Waals surface area contributed by atoms with Gasteiger partial charge >= 0.3 is 12.0 Å². The molecule has 1 aliphatic rings. The Balaban J connectivity index is 2.62. The summed E-state index contributed by atoms with van der Waals surface area (Å²) in [6.45, 7) is 2.95. The fraction of sp³-hybridized carbons (Fsp3) is 0.846. The highest BCUT2D eigenvalue weighted by Gasteiger charge is 2.38. The number of amides is 2. The lowest BCUT2D eigenvalue weighted by Gasteiger charge is -2.32. The van der Waals surface area contributed by atoms with Gasteiger partial charge in [-0.05, 0) is 26.2 Å². The van der Waals surface area contributed by atoms with E-state index in [0.29, 0.717) is 19.5 Å². The molecule has 1 saturated carbocycles. The predicted molar refractivity (Wildman–Crippen MR) is 70.9 cm³/mol. The lowest BCUT2D eigenvalue weighted by atomic mass is 9.93. The summed E-state index contributed by atoms with van der Waals surface area (Å²) < 4.78 is 0. The second kappa shape index (κ2) is 7.33. The highest BCUT2D eigenvalue weighted by Crippen LogP contribution is 2.32. The number of nitrogens with one attached hydrogen (secondary N) is 1. The van der Waals surface area contributed by atoms with E-state index in [1.165, 1.54) is 0 Å². The largest absolute Gasteiger partial charge is 0.481 e. The molecular formula is C13H24N2O4. The van der Waals surface area contributed by atoms with Crippen molar-refractivity contribution in [2.24, 2.45) is 0 Å². The van der Waals surface area contributed by atoms with E-state index in [4.69, 9.17) is 10.2 Å². The minimum absolute atomic E-state index is 0.0176. The molecule has 0 bridgehead atoms. The standard InChI is InChI=1S/C13H24N2O4/c1-2-15(8-5-9-16)12(19)14-13(10-11(17)18)6-3-4-7-13/h16H,2-10H2,1H3,(H,14,19)(H,17,18). The zero-order chi connectivity index (χ0) is 14.3. The van der Waals surface area contributed by atoms with Crippen LogP contribution in [0.2, 0.25) is 0 Å². The number of carbonyl (C=O) groups excluding carboxylic acids is 1. The summed E-state index contributed by atoms with van der Waals surface area (Å²) in [7, 11) is 0. The van der Waals surface area contributed by atoms with Crippen LogP contribution in [0.3, 0.4) is 0 Å². The first-order valence-electron chi connectivity index (χ1n) is 6.93. The normalized spacial score (nSPS) is 17.2. The van der Waals surface area contributed by atoms with Crippen molar-refractivity contribution < 1.29 is 19.8 Å². The van der Waals surface area contributed by atoms with Crippen molar-refractivity contribution in [2.45, 2.75) is 51.0 Å². The maximum absolute atomic E-state index is 12.2. The second-order valence-electron chi connectivity index (χ2n) is 5.14. The van der Waals surface area contributed by atoms with Crippen LogP contribution in [0, 0.1) is 0 Å². The summed E-state index contributed by atoms with van der Waals surface area (Å²) in [4.78, 5) is 24.7. The van der Waals surface area contributed by atoms with Crippen molar-refractivity contribution in [1.82, 2.24) is 10.2 Å². The minimum atomic E-state index is -0.874. The van der Waals surface area contributed by atoms with Crippen molar-refractivity contribution in [1.29, 1.82) is 0 Å².